The van der Waals surface area contributed by atoms with Crippen molar-refractivity contribution >= 4 is 40.9 Å². The molecule has 0 spiro atoms. The van der Waals surface area contributed by atoms with Gasteiger partial charge in [0.2, 0.25) is 0 Å². The van der Waals surface area contributed by atoms with Crippen LogP contribution in [0.15, 0.2) is 77.8 Å². The van der Waals surface area contributed by atoms with Crippen LogP contribution in [0.25, 0.3) is 17.7 Å². The van der Waals surface area contributed by atoms with E-state index in [0.717, 1.165) is 16.7 Å². The molecule has 30 heavy (non-hydrogen) atoms. The molecule has 0 atom stereocenters. The van der Waals surface area contributed by atoms with Crippen molar-refractivity contribution in [1.82, 2.24) is 0 Å². The van der Waals surface area contributed by atoms with Crippen molar-refractivity contribution < 1.29 is 13.5 Å². The Kier molecular flexibility index (Phi) is 7.30. The van der Waals surface area contributed by atoms with Crippen molar-refractivity contribution in [2.24, 2.45) is 0 Å². The Labute approximate surface area is 185 Å². The second kappa shape index (κ2) is 9.92. The van der Waals surface area contributed by atoms with Crippen molar-refractivity contribution in [3.05, 3.63) is 111 Å². The molecule has 0 unspecified atom stereocenters. The second-order valence-electron chi connectivity index (χ2n) is 6.74. The molecule has 0 heterocycles. The maximum absolute atomic E-state index is 14.6. The molecule has 0 fully saturated rings. The zero-order valence-electron chi connectivity index (χ0n) is 16.4. The van der Waals surface area contributed by atoms with Crippen LogP contribution in [0.3, 0.4) is 0 Å². The Bertz CT molecular complexity index is 1090. The lowest BCUT2D eigenvalue weighted by Gasteiger charge is -2.12. The lowest BCUT2D eigenvalue weighted by Crippen LogP contribution is -1.98. The molecular formula is C25H20Cl2F2O. The van der Waals surface area contributed by atoms with Crippen molar-refractivity contribution in [3.63, 3.8) is 0 Å². The number of halogens is 4. The minimum absolute atomic E-state index is 0.248. The topological polar surface area (TPSA) is 9.23 Å². The quantitative estimate of drug-likeness (QED) is 0.408. The van der Waals surface area contributed by atoms with Crippen LogP contribution in [0.1, 0.15) is 28.7 Å². The summed E-state index contributed by atoms with van der Waals surface area (Å²) in [6.45, 7) is 3.85. The minimum Gasteiger partial charge on any atom is -0.501 e. The molecule has 0 saturated heterocycles. The summed E-state index contributed by atoms with van der Waals surface area (Å²) in [6.07, 6.45) is 8.99. The number of hydrogen-bond acceptors (Lipinski definition) is 1. The summed E-state index contributed by atoms with van der Waals surface area (Å²) in [4.78, 5) is 0. The summed E-state index contributed by atoms with van der Waals surface area (Å²) in [5, 5.41) is 0.680. The fraction of sp³-hybridized carbons (Fsp3) is 0.120. The van der Waals surface area contributed by atoms with Gasteiger partial charge in [-0.3, -0.25) is 0 Å². The Morgan fingerprint density at radius 1 is 1.13 bits per heavy atom. The van der Waals surface area contributed by atoms with Crippen LogP contribution in [0, 0.1) is 5.82 Å². The van der Waals surface area contributed by atoms with Gasteiger partial charge in [-0.15, -0.1) is 0 Å². The third kappa shape index (κ3) is 5.29. The van der Waals surface area contributed by atoms with E-state index < -0.39 is 5.82 Å². The lowest BCUT2D eigenvalue weighted by molar-refractivity contribution is 0.286. The van der Waals surface area contributed by atoms with E-state index in [1.54, 1.807) is 24.3 Å². The van der Waals surface area contributed by atoms with Gasteiger partial charge in [-0.1, -0.05) is 60.1 Å². The fourth-order valence-corrected chi connectivity index (χ4v) is 3.52. The summed E-state index contributed by atoms with van der Waals surface area (Å²) in [7, 11) is 1.53. The molecular weight excluding hydrogens is 425 g/mol. The molecule has 1 nitrogen and oxygen atoms in total. The van der Waals surface area contributed by atoms with E-state index in [1.165, 1.54) is 19.3 Å². The minimum atomic E-state index is -0.399. The van der Waals surface area contributed by atoms with E-state index in [1.807, 2.05) is 30.4 Å². The van der Waals surface area contributed by atoms with Gasteiger partial charge >= 0.3 is 0 Å². The predicted molar refractivity (Wildman–Crippen MR) is 122 cm³/mol. The van der Waals surface area contributed by atoms with Crippen molar-refractivity contribution in [2.45, 2.75) is 12.8 Å². The molecule has 3 rings (SSSR count). The van der Waals surface area contributed by atoms with E-state index >= 15 is 0 Å². The van der Waals surface area contributed by atoms with Gasteiger partial charge in [0, 0.05) is 16.5 Å². The van der Waals surface area contributed by atoms with Gasteiger partial charge in [-0.2, -0.15) is 0 Å². The molecule has 0 saturated carbocycles. The summed E-state index contributed by atoms with van der Waals surface area (Å²) < 4.78 is 34.3. The van der Waals surface area contributed by atoms with Crippen LogP contribution in [0.5, 0.6) is 0 Å². The highest BCUT2D eigenvalue weighted by Gasteiger charge is 2.13. The molecule has 5 heteroatoms. The van der Waals surface area contributed by atoms with Crippen LogP contribution in [-0.4, -0.2) is 7.11 Å². The Hall–Kier alpha value is -2.62. The second-order valence-corrected chi connectivity index (χ2v) is 7.61. The van der Waals surface area contributed by atoms with E-state index in [-0.39, 0.29) is 12.2 Å². The maximum Gasteiger partial charge on any atom is 0.128 e. The van der Waals surface area contributed by atoms with Gasteiger partial charge in [0.25, 0.3) is 0 Å². The van der Waals surface area contributed by atoms with E-state index in [4.69, 9.17) is 27.9 Å². The summed E-state index contributed by atoms with van der Waals surface area (Å²) in [5.74, 6) is -0.222. The smallest absolute Gasteiger partial charge is 0.128 e. The van der Waals surface area contributed by atoms with Crippen LogP contribution in [-0.2, 0) is 11.2 Å². The highest BCUT2D eigenvalue weighted by molar-refractivity contribution is 6.31. The molecule has 0 amide bonds. The first-order chi connectivity index (χ1) is 14.4. The molecule has 0 bridgehead atoms. The van der Waals surface area contributed by atoms with E-state index in [2.05, 4.69) is 6.58 Å². The maximum atomic E-state index is 14.6. The number of hydrogen-bond donors (Lipinski definition) is 0. The van der Waals surface area contributed by atoms with E-state index in [0.29, 0.717) is 33.4 Å². The number of rotatable bonds is 6. The average molecular weight is 445 g/mol. The Morgan fingerprint density at radius 2 is 1.93 bits per heavy atom. The first-order valence-corrected chi connectivity index (χ1v) is 10.0. The van der Waals surface area contributed by atoms with Gasteiger partial charge in [0.05, 0.1) is 7.11 Å². The average Bonchev–Trinajstić information content (AvgIpc) is 2.89. The third-order valence-corrected chi connectivity index (χ3v) is 5.24. The summed E-state index contributed by atoms with van der Waals surface area (Å²) >= 11 is 11.8. The third-order valence-electron chi connectivity index (χ3n) is 4.77. The van der Waals surface area contributed by atoms with Gasteiger partial charge in [-0.05, 0) is 70.7 Å². The van der Waals surface area contributed by atoms with Crippen molar-refractivity contribution in [3.8, 4) is 0 Å². The van der Waals surface area contributed by atoms with Gasteiger partial charge in [0.1, 0.15) is 17.4 Å². The molecule has 2 aromatic carbocycles. The Morgan fingerprint density at radius 3 is 2.63 bits per heavy atom. The number of methoxy groups -OCH3 is 1. The SMILES string of the molecule is C=Cc1ccc(C2=C(F)C=C(Cl)C=CC2)cc1/C=C(\Cc1ccc(Cl)cc1F)OC. The fourth-order valence-electron chi connectivity index (χ4n) is 3.18. The number of benzene rings is 2. The largest absolute Gasteiger partial charge is 0.501 e. The zero-order chi connectivity index (χ0) is 21.7. The molecule has 0 N–H and O–H groups in total. The number of allylic oxidation sites excluding steroid dienone is 7. The molecule has 154 valence electrons. The van der Waals surface area contributed by atoms with Gasteiger partial charge in [0.15, 0.2) is 0 Å². The molecule has 0 aromatic heterocycles. The normalized spacial score (nSPS) is 14.4. The lowest BCUT2D eigenvalue weighted by atomic mass is 9.96. The van der Waals surface area contributed by atoms with Crippen LogP contribution < -0.4 is 0 Å². The Balaban J connectivity index is 2.01. The summed E-state index contributed by atoms with van der Waals surface area (Å²) in [5.41, 5.74) is 3.37. The highest BCUT2D eigenvalue weighted by Crippen LogP contribution is 2.31. The molecule has 1 aliphatic carbocycles. The van der Waals surface area contributed by atoms with E-state index in [9.17, 15) is 8.78 Å². The first kappa shape index (κ1) is 22.1. The highest BCUT2D eigenvalue weighted by atomic mass is 35.5. The number of ether oxygens (including phenoxy) is 1. The van der Waals surface area contributed by atoms with Gasteiger partial charge in [-0.25, -0.2) is 8.78 Å². The van der Waals surface area contributed by atoms with Crippen molar-refractivity contribution in [1.29, 1.82) is 0 Å². The molecule has 1 aliphatic rings. The molecule has 0 aliphatic heterocycles. The summed E-state index contributed by atoms with van der Waals surface area (Å²) in [6, 6.07) is 10.1. The monoisotopic (exact) mass is 444 g/mol. The molecule has 0 radical (unpaired) electrons. The van der Waals surface area contributed by atoms with Crippen LogP contribution in [0.2, 0.25) is 5.02 Å². The first-order valence-electron chi connectivity index (χ1n) is 9.29. The van der Waals surface area contributed by atoms with Gasteiger partial charge < -0.3 is 4.74 Å². The predicted octanol–water partition coefficient (Wildman–Crippen LogP) is 8.12. The van der Waals surface area contributed by atoms with Crippen LogP contribution in [0.4, 0.5) is 8.78 Å². The standard InChI is InChI=1S/C25H20Cl2F2O/c1-3-16-7-8-17(23-6-4-5-20(26)15-25(23)29)11-19(16)13-22(30-2)12-18-9-10-21(27)14-24(18)28/h3-5,7-11,13-15H,1,6,12H2,2H3/b22-13+. The zero-order valence-corrected chi connectivity index (χ0v) is 17.9. The van der Waals surface area contributed by atoms with Crippen molar-refractivity contribution in [2.75, 3.05) is 7.11 Å². The van der Waals surface area contributed by atoms with Crippen LogP contribution >= 0.6 is 23.2 Å². The molecule has 2 aromatic rings.